The van der Waals surface area contributed by atoms with Crippen LogP contribution in [0.25, 0.3) is 0 Å². The summed E-state index contributed by atoms with van der Waals surface area (Å²) >= 11 is 0. The Morgan fingerprint density at radius 1 is 1.25 bits per heavy atom. The Balaban J connectivity index is 2.45. The second-order valence-electron chi connectivity index (χ2n) is 3.92. The number of halogens is 3. The van der Waals surface area contributed by atoms with Crippen molar-refractivity contribution in [3.63, 3.8) is 0 Å². The van der Waals surface area contributed by atoms with Gasteiger partial charge < -0.3 is 17.8 Å². The van der Waals surface area contributed by atoms with E-state index in [4.69, 9.17) is 0 Å². The van der Waals surface area contributed by atoms with Crippen LogP contribution in [0.1, 0.15) is 12.0 Å². The standard InChI is InChI=1S/C10H10BF3NO/c1-15-9-4-3-8(11(12,13)14)6-7(9)2-5-10(15)16/h3-4,6H,2,5H2,1H3/q-1. The fourth-order valence-electron chi connectivity index (χ4n) is 1.88. The molecule has 1 aliphatic heterocycles. The Morgan fingerprint density at radius 2 is 1.94 bits per heavy atom. The van der Waals surface area contributed by atoms with E-state index in [1.54, 1.807) is 7.05 Å². The van der Waals surface area contributed by atoms with Gasteiger partial charge in [0.05, 0.1) is 0 Å². The first-order chi connectivity index (χ1) is 7.39. The number of carbonyl (C=O) groups is 1. The average molecular weight is 228 g/mol. The quantitative estimate of drug-likeness (QED) is 0.669. The van der Waals surface area contributed by atoms with E-state index in [1.165, 1.54) is 11.0 Å². The molecule has 0 N–H and O–H groups in total. The second-order valence-corrected chi connectivity index (χ2v) is 3.92. The van der Waals surface area contributed by atoms with Crippen molar-refractivity contribution in [3.8, 4) is 0 Å². The first kappa shape index (κ1) is 11.0. The van der Waals surface area contributed by atoms with Crippen molar-refractivity contribution in [2.45, 2.75) is 12.8 Å². The summed E-state index contributed by atoms with van der Waals surface area (Å²) in [5.74, 6) is -0.0576. The van der Waals surface area contributed by atoms with E-state index < -0.39 is 12.4 Å². The molecule has 0 atom stereocenters. The van der Waals surface area contributed by atoms with E-state index in [0.29, 0.717) is 17.7 Å². The summed E-state index contributed by atoms with van der Waals surface area (Å²) in [7, 11) is 1.58. The van der Waals surface area contributed by atoms with Crippen molar-refractivity contribution < 1.29 is 17.7 Å². The molecule has 16 heavy (non-hydrogen) atoms. The van der Waals surface area contributed by atoms with Crippen molar-refractivity contribution in [2.75, 3.05) is 11.9 Å². The largest absolute Gasteiger partial charge is 0.509 e. The number of benzene rings is 1. The minimum Gasteiger partial charge on any atom is -0.445 e. The molecule has 1 aromatic carbocycles. The Hall–Kier alpha value is -1.46. The number of fused-ring (bicyclic) bond motifs is 1. The molecule has 0 saturated carbocycles. The Morgan fingerprint density at radius 3 is 2.56 bits per heavy atom. The molecule has 0 radical (unpaired) electrons. The van der Waals surface area contributed by atoms with Crippen molar-refractivity contribution in [2.24, 2.45) is 0 Å². The molecular formula is C10H10BF3NO-. The number of anilines is 1. The molecule has 86 valence electrons. The molecule has 0 fully saturated rings. The maximum absolute atomic E-state index is 12.5. The molecular weight excluding hydrogens is 218 g/mol. The molecule has 0 bridgehead atoms. The maximum atomic E-state index is 12.5. The zero-order valence-corrected chi connectivity index (χ0v) is 8.71. The summed E-state index contributed by atoms with van der Waals surface area (Å²) in [6.07, 6.45) is 0.663. The Labute approximate surface area is 91.1 Å². The van der Waals surface area contributed by atoms with Crippen LogP contribution in [0.3, 0.4) is 0 Å². The lowest BCUT2D eigenvalue weighted by molar-refractivity contribution is -0.118. The van der Waals surface area contributed by atoms with Crippen molar-refractivity contribution in [1.29, 1.82) is 0 Å². The van der Waals surface area contributed by atoms with Gasteiger partial charge in [-0.3, -0.25) is 4.79 Å². The normalized spacial score (nSPS) is 16.2. The number of hydrogen-bond donors (Lipinski definition) is 0. The zero-order valence-electron chi connectivity index (χ0n) is 8.71. The molecule has 0 aromatic heterocycles. The Bertz CT molecular complexity index is 444. The molecule has 1 aliphatic rings. The van der Waals surface area contributed by atoms with Crippen molar-refractivity contribution in [1.82, 2.24) is 0 Å². The number of carbonyl (C=O) groups excluding carboxylic acids is 1. The highest BCUT2D eigenvalue weighted by molar-refractivity contribution is 6.73. The van der Waals surface area contributed by atoms with E-state index in [0.717, 1.165) is 12.1 Å². The molecule has 1 aromatic rings. The number of hydrogen-bond acceptors (Lipinski definition) is 1. The number of rotatable bonds is 1. The van der Waals surface area contributed by atoms with E-state index in [-0.39, 0.29) is 12.3 Å². The number of aryl methyl sites for hydroxylation is 1. The van der Waals surface area contributed by atoms with Crippen LogP contribution in [0.2, 0.25) is 0 Å². The predicted molar refractivity (Wildman–Crippen MR) is 56.9 cm³/mol. The summed E-state index contributed by atoms with van der Waals surface area (Å²) in [6.45, 7) is -4.96. The zero-order chi connectivity index (χ0) is 11.9. The molecule has 2 rings (SSSR count). The number of nitrogens with zero attached hydrogens (tertiary/aromatic N) is 1. The van der Waals surface area contributed by atoms with Crippen LogP contribution >= 0.6 is 0 Å². The first-order valence-electron chi connectivity index (χ1n) is 4.99. The molecule has 6 heteroatoms. The van der Waals surface area contributed by atoms with Gasteiger partial charge in [-0.1, -0.05) is 12.1 Å². The van der Waals surface area contributed by atoms with Crippen LogP contribution in [0.15, 0.2) is 18.2 Å². The van der Waals surface area contributed by atoms with E-state index in [1.807, 2.05) is 0 Å². The van der Waals surface area contributed by atoms with E-state index in [9.17, 15) is 17.7 Å². The van der Waals surface area contributed by atoms with E-state index in [2.05, 4.69) is 0 Å². The van der Waals surface area contributed by atoms with Crippen LogP contribution in [0.5, 0.6) is 0 Å². The molecule has 0 spiro atoms. The maximum Gasteiger partial charge on any atom is 0.509 e. The minimum atomic E-state index is -4.96. The first-order valence-corrected chi connectivity index (χ1v) is 4.99. The number of amides is 1. The fraction of sp³-hybridized carbons (Fsp3) is 0.300. The summed E-state index contributed by atoms with van der Waals surface area (Å²) < 4.78 is 37.5. The van der Waals surface area contributed by atoms with Gasteiger partial charge in [-0.2, -0.15) is 0 Å². The summed E-state index contributed by atoms with van der Waals surface area (Å²) in [5.41, 5.74) is 0.584. The van der Waals surface area contributed by atoms with Crippen LogP contribution < -0.4 is 10.4 Å². The van der Waals surface area contributed by atoms with Gasteiger partial charge >= 0.3 is 6.98 Å². The molecule has 1 amide bonds. The Kier molecular flexibility index (Phi) is 2.44. The topological polar surface area (TPSA) is 20.3 Å². The van der Waals surface area contributed by atoms with Crippen LogP contribution in [-0.4, -0.2) is 19.9 Å². The third-order valence-corrected chi connectivity index (χ3v) is 2.83. The third-order valence-electron chi connectivity index (χ3n) is 2.83. The highest BCUT2D eigenvalue weighted by Gasteiger charge is 2.28. The molecule has 2 nitrogen and oxygen atoms in total. The van der Waals surface area contributed by atoms with Gasteiger partial charge in [0.25, 0.3) is 0 Å². The highest BCUT2D eigenvalue weighted by atomic mass is 19.4. The van der Waals surface area contributed by atoms with Gasteiger partial charge in [0, 0.05) is 19.2 Å². The lowest BCUT2D eigenvalue weighted by atomic mass is 9.78. The molecule has 0 saturated heterocycles. The van der Waals surface area contributed by atoms with E-state index >= 15 is 0 Å². The van der Waals surface area contributed by atoms with Crippen molar-refractivity contribution in [3.05, 3.63) is 23.8 Å². The minimum absolute atomic E-state index is 0.0576. The fourth-order valence-corrected chi connectivity index (χ4v) is 1.88. The highest BCUT2D eigenvalue weighted by Crippen LogP contribution is 2.26. The monoisotopic (exact) mass is 228 g/mol. The second kappa shape index (κ2) is 3.54. The predicted octanol–water partition coefficient (Wildman–Crippen LogP) is 1.65. The SMILES string of the molecule is CN1C(=O)CCc2cc([B-](F)(F)F)ccc21. The van der Waals surface area contributed by atoms with Crippen LogP contribution in [-0.2, 0) is 11.2 Å². The summed E-state index contributed by atoms with van der Waals surface area (Å²) in [4.78, 5) is 12.8. The van der Waals surface area contributed by atoms with Gasteiger partial charge in [0.2, 0.25) is 5.91 Å². The van der Waals surface area contributed by atoms with Gasteiger partial charge in [0.15, 0.2) is 0 Å². The van der Waals surface area contributed by atoms with Gasteiger partial charge in [0.1, 0.15) is 0 Å². The molecule has 0 unspecified atom stereocenters. The van der Waals surface area contributed by atoms with Crippen LogP contribution in [0.4, 0.5) is 18.6 Å². The summed E-state index contributed by atoms with van der Waals surface area (Å²) in [5, 5.41) is 0. The van der Waals surface area contributed by atoms with Crippen LogP contribution in [0, 0.1) is 0 Å². The molecule has 1 heterocycles. The lowest BCUT2D eigenvalue weighted by Gasteiger charge is -2.27. The van der Waals surface area contributed by atoms with Gasteiger partial charge in [-0.25, -0.2) is 0 Å². The summed E-state index contributed by atoms with van der Waals surface area (Å²) in [6, 6.07) is 3.56. The average Bonchev–Trinajstić information content (AvgIpc) is 2.22. The third kappa shape index (κ3) is 1.79. The van der Waals surface area contributed by atoms with Gasteiger partial charge in [-0.05, 0) is 18.1 Å². The molecule has 0 aliphatic carbocycles. The smallest absolute Gasteiger partial charge is 0.445 e. The van der Waals surface area contributed by atoms with Crippen molar-refractivity contribution >= 4 is 24.0 Å². The lowest BCUT2D eigenvalue weighted by Crippen LogP contribution is -2.37. The van der Waals surface area contributed by atoms with Gasteiger partial charge in [-0.15, -0.1) is 5.46 Å².